The highest BCUT2D eigenvalue weighted by Crippen LogP contribution is 2.31. The number of amides is 1. The Morgan fingerprint density at radius 2 is 1.88 bits per heavy atom. The number of benzene rings is 2. The molecule has 3 rings (SSSR count). The second-order valence-corrected chi connectivity index (χ2v) is 7.97. The molecule has 136 valence electrons. The monoisotopic (exact) mass is 370 g/mol. The summed E-state index contributed by atoms with van der Waals surface area (Å²) in [6, 6.07) is 13.4. The lowest BCUT2D eigenvalue weighted by Gasteiger charge is -2.18. The number of fused-ring (bicyclic) bond motifs is 1. The van der Waals surface area contributed by atoms with Crippen LogP contribution < -0.4 is 14.8 Å². The van der Waals surface area contributed by atoms with Crippen LogP contribution in [-0.4, -0.2) is 24.6 Å². The highest BCUT2D eigenvalue weighted by molar-refractivity contribution is 7.22. The van der Waals surface area contributed by atoms with Crippen molar-refractivity contribution in [2.75, 3.05) is 19.0 Å². The van der Waals surface area contributed by atoms with Crippen LogP contribution in [0.25, 0.3) is 10.2 Å². The molecule has 0 spiro atoms. The van der Waals surface area contributed by atoms with Crippen LogP contribution in [0.1, 0.15) is 26.3 Å². The molecule has 26 heavy (non-hydrogen) atoms. The molecule has 1 aromatic heterocycles. The number of carbonyl (C=O) groups excluding carboxylic acids is 1. The first kappa shape index (κ1) is 18.2. The summed E-state index contributed by atoms with van der Waals surface area (Å²) >= 11 is 1.46. The number of hydrogen-bond donors (Lipinski definition) is 1. The zero-order valence-electron chi connectivity index (χ0n) is 15.3. The molecule has 6 heteroatoms. The number of nitrogens with zero attached hydrogens (tertiary/aromatic N) is 1. The lowest BCUT2D eigenvalue weighted by molar-refractivity contribution is -0.118. The maximum Gasteiger partial charge on any atom is 0.264 e. The molecule has 2 aromatic carbocycles. The van der Waals surface area contributed by atoms with Gasteiger partial charge in [0, 0.05) is 0 Å². The minimum atomic E-state index is -0.258. The fraction of sp³-hybridized carbons (Fsp3) is 0.300. The normalized spacial score (nSPS) is 11.4. The van der Waals surface area contributed by atoms with E-state index in [1.54, 1.807) is 19.2 Å². The number of carbonyl (C=O) groups is 1. The Morgan fingerprint density at radius 3 is 2.58 bits per heavy atom. The van der Waals surface area contributed by atoms with E-state index in [0.717, 1.165) is 10.2 Å². The van der Waals surface area contributed by atoms with Gasteiger partial charge in [0.25, 0.3) is 5.91 Å². The molecule has 0 unspecified atom stereocenters. The van der Waals surface area contributed by atoms with Gasteiger partial charge in [0.2, 0.25) is 0 Å². The molecule has 0 fully saturated rings. The predicted molar refractivity (Wildman–Crippen MR) is 105 cm³/mol. The van der Waals surface area contributed by atoms with Gasteiger partial charge in [-0.2, -0.15) is 0 Å². The van der Waals surface area contributed by atoms with Crippen molar-refractivity contribution < 1.29 is 14.3 Å². The largest absolute Gasteiger partial charge is 0.493 e. The van der Waals surface area contributed by atoms with Crippen LogP contribution in [0.5, 0.6) is 11.5 Å². The zero-order chi connectivity index (χ0) is 18.7. The van der Waals surface area contributed by atoms with Crippen LogP contribution in [0.15, 0.2) is 42.5 Å². The van der Waals surface area contributed by atoms with Crippen LogP contribution in [0.2, 0.25) is 0 Å². The number of methoxy groups -OCH3 is 1. The van der Waals surface area contributed by atoms with E-state index >= 15 is 0 Å². The van der Waals surface area contributed by atoms with Gasteiger partial charge < -0.3 is 9.47 Å². The van der Waals surface area contributed by atoms with Crippen molar-refractivity contribution in [3.8, 4) is 11.5 Å². The lowest BCUT2D eigenvalue weighted by Crippen LogP contribution is -2.20. The molecular formula is C20H22N2O3S. The molecule has 0 radical (unpaired) electrons. The average Bonchev–Trinajstić information content (AvgIpc) is 3.00. The van der Waals surface area contributed by atoms with E-state index in [1.165, 1.54) is 16.9 Å². The molecule has 5 nitrogen and oxygen atoms in total. The summed E-state index contributed by atoms with van der Waals surface area (Å²) in [7, 11) is 1.56. The molecule has 1 amide bonds. The Morgan fingerprint density at radius 1 is 1.15 bits per heavy atom. The smallest absolute Gasteiger partial charge is 0.264 e. The standard InChI is InChI=1S/C20H22N2O3S/c1-20(2,3)13-9-10-14-17(11-13)26-19(21-14)22-18(23)12-25-16-8-6-5-7-15(16)24-4/h5-11H,12H2,1-4H3,(H,21,22,23). The van der Waals surface area contributed by atoms with E-state index in [0.29, 0.717) is 16.6 Å². The summed E-state index contributed by atoms with van der Waals surface area (Å²) in [5.74, 6) is 0.866. The maximum atomic E-state index is 12.2. The van der Waals surface area contributed by atoms with Crippen LogP contribution in [0.3, 0.4) is 0 Å². The molecule has 0 saturated carbocycles. The van der Waals surface area contributed by atoms with Crippen molar-refractivity contribution >= 4 is 32.6 Å². The molecule has 3 aromatic rings. The maximum absolute atomic E-state index is 12.2. The van der Waals surface area contributed by atoms with E-state index < -0.39 is 0 Å². The SMILES string of the molecule is COc1ccccc1OCC(=O)Nc1nc2ccc(C(C)(C)C)cc2s1. The minimum Gasteiger partial charge on any atom is -0.493 e. The number of nitrogens with one attached hydrogen (secondary N) is 1. The van der Waals surface area contributed by atoms with Gasteiger partial charge >= 0.3 is 0 Å². The van der Waals surface area contributed by atoms with Crippen molar-refractivity contribution in [3.63, 3.8) is 0 Å². The predicted octanol–water partition coefficient (Wildman–Crippen LogP) is 4.62. The number of para-hydroxylation sites is 2. The highest BCUT2D eigenvalue weighted by Gasteiger charge is 2.16. The second kappa shape index (κ2) is 7.33. The molecule has 0 bridgehead atoms. The third-order valence-electron chi connectivity index (χ3n) is 3.93. The van der Waals surface area contributed by atoms with E-state index in [4.69, 9.17) is 9.47 Å². The van der Waals surface area contributed by atoms with Crippen LogP contribution >= 0.6 is 11.3 Å². The first-order valence-corrected chi connectivity index (χ1v) is 9.15. The van der Waals surface area contributed by atoms with Crippen LogP contribution in [0.4, 0.5) is 5.13 Å². The number of aromatic nitrogens is 1. The number of thiazole rings is 1. The van der Waals surface area contributed by atoms with Crippen molar-refractivity contribution in [2.24, 2.45) is 0 Å². The zero-order valence-corrected chi connectivity index (χ0v) is 16.1. The quantitative estimate of drug-likeness (QED) is 0.712. The van der Waals surface area contributed by atoms with Gasteiger partial charge in [0.1, 0.15) is 0 Å². The molecule has 1 N–H and O–H groups in total. The van der Waals surface area contributed by atoms with Gasteiger partial charge in [-0.1, -0.05) is 50.3 Å². The van der Waals surface area contributed by atoms with E-state index in [2.05, 4.69) is 43.2 Å². The summed E-state index contributed by atoms with van der Waals surface area (Å²) in [5, 5.41) is 3.37. The molecule has 0 aliphatic rings. The Labute approximate surface area is 157 Å². The fourth-order valence-electron chi connectivity index (χ4n) is 2.48. The molecule has 0 saturated heterocycles. The van der Waals surface area contributed by atoms with Crippen LogP contribution in [0, 0.1) is 0 Å². The van der Waals surface area contributed by atoms with E-state index in [1.807, 2.05) is 18.2 Å². The summed E-state index contributed by atoms with van der Waals surface area (Å²) in [4.78, 5) is 16.6. The highest BCUT2D eigenvalue weighted by atomic mass is 32.1. The molecule has 0 aliphatic carbocycles. The number of hydrogen-bond acceptors (Lipinski definition) is 5. The van der Waals surface area contributed by atoms with Gasteiger partial charge in [-0.15, -0.1) is 0 Å². The van der Waals surface area contributed by atoms with Crippen molar-refractivity contribution in [2.45, 2.75) is 26.2 Å². The summed E-state index contributed by atoms with van der Waals surface area (Å²) in [5.41, 5.74) is 2.19. The van der Waals surface area contributed by atoms with Gasteiger partial charge in [-0.25, -0.2) is 4.98 Å². The Bertz CT molecular complexity index is 928. The van der Waals surface area contributed by atoms with Gasteiger partial charge in [-0.05, 0) is 35.2 Å². The number of anilines is 1. The number of rotatable bonds is 5. The molecule has 0 aliphatic heterocycles. The number of ether oxygens (including phenoxy) is 2. The Hall–Kier alpha value is -2.60. The third kappa shape index (κ3) is 4.14. The van der Waals surface area contributed by atoms with Crippen molar-refractivity contribution in [1.82, 2.24) is 4.98 Å². The van der Waals surface area contributed by atoms with Crippen molar-refractivity contribution in [3.05, 3.63) is 48.0 Å². The Balaban J connectivity index is 1.67. The topological polar surface area (TPSA) is 60.5 Å². The lowest BCUT2D eigenvalue weighted by atomic mass is 9.87. The molecule has 0 atom stereocenters. The summed E-state index contributed by atoms with van der Waals surface area (Å²) in [6.45, 7) is 6.41. The van der Waals surface area contributed by atoms with Crippen LogP contribution in [-0.2, 0) is 10.2 Å². The molecular weight excluding hydrogens is 348 g/mol. The first-order chi connectivity index (χ1) is 12.4. The summed E-state index contributed by atoms with van der Waals surface area (Å²) in [6.07, 6.45) is 0. The minimum absolute atomic E-state index is 0.0736. The van der Waals surface area contributed by atoms with Crippen molar-refractivity contribution in [1.29, 1.82) is 0 Å². The Kier molecular flexibility index (Phi) is 5.13. The average molecular weight is 370 g/mol. The molecule has 1 heterocycles. The van der Waals surface area contributed by atoms with E-state index in [-0.39, 0.29) is 17.9 Å². The summed E-state index contributed by atoms with van der Waals surface area (Å²) < 4.78 is 11.8. The van der Waals surface area contributed by atoms with E-state index in [9.17, 15) is 4.79 Å². The fourth-order valence-corrected chi connectivity index (χ4v) is 3.40. The van der Waals surface area contributed by atoms with Gasteiger partial charge in [0.15, 0.2) is 23.2 Å². The van der Waals surface area contributed by atoms with Gasteiger partial charge in [-0.3, -0.25) is 10.1 Å². The third-order valence-corrected chi connectivity index (χ3v) is 4.86. The first-order valence-electron chi connectivity index (χ1n) is 8.33. The second-order valence-electron chi connectivity index (χ2n) is 6.94. The van der Waals surface area contributed by atoms with Gasteiger partial charge in [0.05, 0.1) is 17.3 Å².